The minimum atomic E-state index is 0.464. The Labute approximate surface area is 75.0 Å². The molecule has 1 aromatic carbocycles. The number of rotatable bonds is 0. The van der Waals surface area contributed by atoms with Gasteiger partial charge in [-0.05, 0) is 17.5 Å². The highest BCUT2D eigenvalue weighted by molar-refractivity contribution is 6.35. The molecule has 2 N–H and O–H groups in total. The molecule has 0 aliphatic rings. The molecule has 2 aromatic rings. The fourth-order valence-corrected chi connectivity index (χ4v) is 1.49. The van der Waals surface area contributed by atoms with Crippen molar-refractivity contribution in [2.24, 2.45) is 0 Å². The van der Waals surface area contributed by atoms with Crippen molar-refractivity contribution in [2.75, 3.05) is 5.73 Å². The first-order valence-electron chi connectivity index (χ1n) is 3.58. The first-order chi connectivity index (χ1) is 5.79. The van der Waals surface area contributed by atoms with Crippen molar-refractivity contribution in [3.8, 4) is 0 Å². The molecular weight excluding hydrogens is 172 g/mol. The number of nitrogen functional groups attached to an aromatic ring is 1. The highest BCUT2D eigenvalue weighted by atomic mass is 35.5. The molecule has 2 rings (SSSR count). The van der Waals surface area contributed by atoms with Gasteiger partial charge >= 0.3 is 0 Å². The molecule has 0 bridgehead atoms. The second-order valence-corrected chi connectivity index (χ2v) is 2.91. The van der Waals surface area contributed by atoms with Gasteiger partial charge in [0, 0.05) is 17.3 Å². The first-order valence-corrected chi connectivity index (χ1v) is 3.95. The number of nitrogens with zero attached hydrogens (tertiary/aromatic N) is 1. The quantitative estimate of drug-likeness (QED) is 0.497. The Bertz CT molecular complexity index is 389. The number of anilines is 1. The van der Waals surface area contributed by atoms with Crippen LogP contribution in [0.5, 0.6) is 0 Å². The van der Waals surface area contributed by atoms with Crippen LogP contribution in [0, 0.1) is 0 Å². The number of aromatic nitrogens is 1. The summed E-state index contributed by atoms with van der Waals surface area (Å²) in [7, 11) is 0. The van der Waals surface area contributed by atoms with Crippen LogP contribution in [0.3, 0.4) is 0 Å². The lowest BCUT2D eigenvalue weighted by atomic mass is 10.1. The molecule has 0 aliphatic carbocycles. The predicted molar refractivity (Wildman–Crippen MR) is 51.2 cm³/mol. The number of pyridine rings is 1. The Balaban J connectivity index is 2.96. The number of halogens is 1. The maximum Gasteiger partial charge on any atom is 0.138 e. The van der Waals surface area contributed by atoms with Gasteiger partial charge < -0.3 is 5.73 Å². The summed E-state index contributed by atoms with van der Waals surface area (Å²) in [6.45, 7) is 0. The van der Waals surface area contributed by atoms with Crippen LogP contribution >= 0.6 is 11.6 Å². The Hall–Kier alpha value is -1.28. The fourth-order valence-electron chi connectivity index (χ4n) is 1.21. The van der Waals surface area contributed by atoms with Crippen molar-refractivity contribution in [1.29, 1.82) is 0 Å². The Morgan fingerprint density at radius 1 is 1.25 bits per heavy atom. The Morgan fingerprint density at radius 2 is 2.08 bits per heavy atom. The lowest BCUT2D eigenvalue weighted by Gasteiger charge is -2.01. The summed E-state index contributed by atoms with van der Waals surface area (Å²) < 4.78 is 0. The predicted octanol–water partition coefficient (Wildman–Crippen LogP) is 2.47. The van der Waals surface area contributed by atoms with Gasteiger partial charge in [-0.3, -0.25) is 0 Å². The van der Waals surface area contributed by atoms with Gasteiger partial charge in [0.1, 0.15) is 5.15 Å². The van der Waals surface area contributed by atoms with Gasteiger partial charge in [-0.1, -0.05) is 23.7 Å². The fraction of sp³-hybridized carbons (Fsp3) is 0. The van der Waals surface area contributed by atoms with Crippen molar-refractivity contribution in [3.63, 3.8) is 0 Å². The molecular formula is C9H7ClN2. The SMILES string of the molecule is Nc1cccc2ccnc(Cl)c12. The molecule has 12 heavy (non-hydrogen) atoms. The minimum absolute atomic E-state index is 0.464. The second-order valence-electron chi connectivity index (χ2n) is 2.55. The van der Waals surface area contributed by atoms with E-state index in [1.165, 1.54) is 0 Å². The third-order valence-corrected chi connectivity index (χ3v) is 2.06. The third kappa shape index (κ3) is 1.01. The smallest absolute Gasteiger partial charge is 0.138 e. The molecule has 0 saturated carbocycles. The zero-order valence-electron chi connectivity index (χ0n) is 6.29. The van der Waals surface area contributed by atoms with Crippen molar-refractivity contribution in [1.82, 2.24) is 4.98 Å². The number of hydrogen-bond acceptors (Lipinski definition) is 2. The van der Waals surface area contributed by atoms with Crippen molar-refractivity contribution >= 4 is 28.1 Å². The average molecular weight is 179 g/mol. The van der Waals surface area contributed by atoms with Gasteiger partial charge in [-0.15, -0.1) is 0 Å². The summed E-state index contributed by atoms with van der Waals surface area (Å²) in [6.07, 6.45) is 1.67. The van der Waals surface area contributed by atoms with Gasteiger partial charge in [0.15, 0.2) is 0 Å². The molecule has 2 nitrogen and oxygen atoms in total. The van der Waals surface area contributed by atoms with Crippen LogP contribution in [0.25, 0.3) is 10.8 Å². The van der Waals surface area contributed by atoms with Crippen LogP contribution in [0.1, 0.15) is 0 Å². The standard InChI is InChI=1S/C9H7ClN2/c10-9-8-6(4-5-12-9)2-1-3-7(8)11/h1-5H,11H2. The molecule has 1 heterocycles. The van der Waals surface area contributed by atoms with E-state index in [0.29, 0.717) is 10.8 Å². The van der Waals surface area contributed by atoms with E-state index in [9.17, 15) is 0 Å². The Morgan fingerprint density at radius 3 is 2.83 bits per heavy atom. The lowest BCUT2D eigenvalue weighted by molar-refractivity contribution is 1.36. The molecule has 0 unspecified atom stereocenters. The molecule has 1 aromatic heterocycles. The lowest BCUT2D eigenvalue weighted by Crippen LogP contribution is -1.88. The summed E-state index contributed by atoms with van der Waals surface area (Å²) in [6, 6.07) is 7.56. The normalized spacial score (nSPS) is 10.4. The third-order valence-electron chi connectivity index (χ3n) is 1.78. The Kier molecular flexibility index (Phi) is 1.62. The minimum Gasteiger partial charge on any atom is -0.398 e. The van der Waals surface area contributed by atoms with E-state index in [1.54, 1.807) is 6.20 Å². The van der Waals surface area contributed by atoms with Crippen molar-refractivity contribution in [2.45, 2.75) is 0 Å². The van der Waals surface area contributed by atoms with Crippen molar-refractivity contribution < 1.29 is 0 Å². The van der Waals surface area contributed by atoms with Gasteiger partial charge in [0.2, 0.25) is 0 Å². The summed E-state index contributed by atoms with van der Waals surface area (Å²) >= 11 is 5.87. The zero-order chi connectivity index (χ0) is 8.55. The summed E-state index contributed by atoms with van der Waals surface area (Å²) in [5, 5.41) is 2.32. The molecule has 3 heteroatoms. The van der Waals surface area contributed by atoms with E-state index >= 15 is 0 Å². The van der Waals surface area contributed by atoms with Crippen LogP contribution in [0.2, 0.25) is 5.15 Å². The molecule has 0 saturated heterocycles. The summed E-state index contributed by atoms with van der Waals surface area (Å²) in [4.78, 5) is 3.95. The summed E-state index contributed by atoms with van der Waals surface area (Å²) in [5.74, 6) is 0. The second kappa shape index (κ2) is 2.64. The number of fused-ring (bicyclic) bond motifs is 1. The molecule has 60 valence electrons. The molecule has 0 atom stereocenters. The number of nitrogens with two attached hydrogens (primary N) is 1. The number of benzene rings is 1. The van der Waals surface area contributed by atoms with Crippen LogP contribution < -0.4 is 5.73 Å². The number of hydrogen-bond donors (Lipinski definition) is 1. The molecule has 0 amide bonds. The highest BCUT2D eigenvalue weighted by Gasteiger charge is 2.01. The molecule has 0 radical (unpaired) electrons. The van der Waals surface area contributed by atoms with Gasteiger partial charge in [0.05, 0.1) is 0 Å². The van der Waals surface area contributed by atoms with E-state index < -0.39 is 0 Å². The topological polar surface area (TPSA) is 38.9 Å². The van der Waals surface area contributed by atoms with Gasteiger partial charge in [-0.2, -0.15) is 0 Å². The largest absolute Gasteiger partial charge is 0.398 e. The van der Waals surface area contributed by atoms with Crippen molar-refractivity contribution in [3.05, 3.63) is 35.6 Å². The average Bonchev–Trinajstić information content (AvgIpc) is 2.04. The highest BCUT2D eigenvalue weighted by Crippen LogP contribution is 2.25. The maximum absolute atomic E-state index is 5.87. The zero-order valence-corrected chi connectivity index (χ0v) is 7.05. The van der Waals surface area contributed by atoms with E-state index in [0.717, 1.165) is 10.8 Å². The van der Waals surface area contributed by atoms with Gasteiger partial charge in [0.25, 0.3) is 0 Å². The monoisotopic (exact) mass is 178 g/mol. The van der Waals surface area contributed by atoms with Crippen LogP contribution in [-0.2, 0) is 0 Å². The molecule has 0 fully saturated rings. The van der Waals surface area contributed by atoms with Crippen LogP contribution in [0.15, 0.2) is 30.5 Å². The summed E-state index contributed by atoms with van der Waals surface area (Å²) in [5.41, 5.74) is 6.40. The first kappa shape index (κ1) is 7.37. The molecule has 0 aliphatic heterocycles. The van der Waals surface area contributed by atoms with Crippen LogP contribution in [-0.4, -0.2) is 4.98 Å². The maximum atomic E-state index is 5.87. The van der Waals surface area contributed by atoms with E-state index in [2.05, 4.69) is 4.98 Å². The van der Waals surface area contributed by atoms with Gasteiger partial charge in [-0.25, -0.2) is 4.98 Å². The van der Waals surface area contributed by atoms with Crippen LogP contribution in [0.4, 0.5) is 5.69 Å². The van der Waals surface area contributed by atoms with E-state index in [1.807, 2.05) is 24.3 Å². The van der Waals surface area contributed by atoms with E-state index in [4.69, 9.17) is 17.3 Å². The van der Waals surface area contributed by atoms with E-state index in [-0.39, 0.29) is 0 Å². The molecule has 0 spiro atoms.